The van der Waals surface area contributed by atoms with E-state index in [2.05, 4.69) is 191 Å². The van der Waals surface area contributed by atoms with Crippen molar-refractivity contribution in [3.63, 3.8) is 0 Å². The van der Waals surface area contributed by atoms with Crippen molar-refractivity contribution in [2.24, 2.45) is 0 Å². The van der Waals surface area contributed by atoms with E-state index in [1.807, 2.05) is 0 Å². The van der Waals surface area contributed by atoms with Gasteiger partial charge in [-0.2, -0.15) is 0 Å². The normalized spacial score (nSPS) is 13.2. The Hall–Kier alpha value is -5.23. The zero-order valence-electron chi connectivity index (χ0n) is 53.4. The fraction of sp³-hybridized carbons (Fsp3) is 0.597. The molecule has 0 amide bonds. The van der Waals surface area contributed by atoms with Gasteiger partial charge in [0.05, 0.1) is 0 Å². The average Bonchev–Trinajstić information content (AvgIpc) is 3.49. The molecule has 0 heterocycles. The second-order valence-electron chi connectivity index (χ2n) is 21.6. The molecule has 0 N–H and O–H groups in total. The van der Waals surface area contributed by atoms with Crippen molar-refractivity contribution < 1.29 is 28.6 Å². The highest BCUT2D eigenvalue weighted by Crippen LogP contribution is 2.14. The van der Waals surface area contributed by atoms with Gasteiger partial charge >= 0.3 is 17.9 Å². The number of rotatable bonds is 59. The Morgan fingerprint density at radius 2 is 0.470 bits per heavy atom. The minimum Gasteiger partial charge on any atom is -0.462 e. The van der Waals surface area contributed by atoms with Crippen LogP contribution in [0.5, 0.6) is 0 Å². The van der Waals surface area contributed by atoms with Crippen molar-refractivity contribution in [2.75, 3.05) is 13.2 Å². The largest absolute Gasteiger partial charge is 0.462 e. The summed E-state index contributed by atoms with van der Waals surface area (Å²) in [5, 5.41) is 0. The van der Waals surface area contributed by atoms with E-state index in [1.165, 1.54) is 57.8 Å². The fourth-order valence-corrected chi connectivity index (χ4v) is 8.71. The van der Waals surface area contributed by atoms with Crippen LogP contribution in [0.2, 0.25) is 0 Å². The van der Waals surface area contributed by atoms with Crippen LogP contribution in [-0.2, 0) is 28.6 Å². The first kappa shape index (κ1) is 77.8. The molecule has 0 radical (unpaired) electrons. The van der Waals surface area contributed by atoms with Gasteiger partial charge in [0.25, 0.3) is 0 Å². The number of allylic oxidation sites excluding steroid dienone is 28. The Balaban J connectivity index is 4.46. The lowest BCUT2D eigenvalue weighted by molar-refractivity contribution is -0.167. The number of hydrogen-bond acceptors (Lipinski definition) is 6. The van der Waals surface area contributed by atoms with Crippen LogP contribution in [0.25, 0.3) is 0 Å². The van der Waals surface area contributed by atoms with Gasteiger partial charge in [-0.25, -0.2) is 0 Å². The summed E-state index contributed by atoms with van der Waals surface area (Å²) < 4.78 is 16.9. The van der Waals surface area contributed by atoms with Crippen molar-refractivity contribution in [2.45, 2.75) is 284 Å². The van der Waals surface area contributed by atoms with Crippen LogP contribution < -0.4 is 0 Å². The van der Waals surface area contributed by atoms with Gasteiger partial charge in [0.2, 0.25) is 0 Å². The molecule has 0 fully saturated rings. The highest BCUT2D eigenvalue weighted by molar-refractivity contribution is 5.71. The molecule has 0 bridgehead atoms. The monoisotopic (exact) mass is 1140 g/mol. The van der Waals surface area contributed by atoms with Gasteiger partial charge in [-0.3, -0.25) is 14.4 Å². The summed E-state index contributed by atoms with van der Waals surface area (Å²) in [7, 11) is 0. The van der Waals surface area contributed by atoms with Crippen molar-refractivity contribution in [1.82, 2.24) is 0 Å². The molecular weight excluding hydrogens is 1020 g/mol. The van der Waals surface area contributed by atoms with E-state index in [0.717, 1.165) is 180 Å². The second-order valence-corrected chi connectivity index (χ2v) is 21.6. The Morgan fingerprint density at radius 1 is 0.253 bits per heavy atom. The molecule has 83 heavy (non-hydrogen) atoms. The second kappa shape index (κ2) is 69.3. The maximum Gasteiger partial charge on any atom is 0.306 e. The highest BCUT2D eigenvalue weighted by atomic mass is 16.6. The first-order valence-electron chi connectivity index (χ1n) is 33.6. The van der Waals surface area contributed by atoms with Crippen molar-refractivity contribution in [3.05, 3.63) is 170 Å². The lowest BCUT2D eigenvalue weighted by atomic mass is 10.1. The lowest BCUT2D eigenvalue weighted by Crippen LogP contribution is -2.30. The summed E-state index contributed by atoms with van der Waals surface area (Å²) in [6, 6.07) is 0. The Labute approximate surface area is 511 Å². The van der Waals surface area contributed by atoms with Gasteiger partial charge in [0.1, 0.15) is 13.2 Å². The van der Waals surface area contributed by atoms with E-state index < -0.39 is 6.10 Å². The molecule has 6 heteroatoms. The van der Waals surface area contributed by atoms with E-state index in [0.29, 0.717) is 19.3 Å². The minimum absolute atomic E-state index is 0.104. The Bertz CT molecular complexity index is 1890. The molecule has 0 aliphatic rings. The van der Waals surface area contributed by atoms with Gasteiger partial charge in [-0.15, -0.1) is 0 Å². The third-order valence-corrected chi connectivity index (χ3v) is 13.7. The molecule has 466 valence electrons. The van der Waals surface area contributed by atoms with Crippen LogP contribution in [0.4, 0.5) is 0 Å². The molecule has 1 atom stereocenters. The van der Waals surface area contributed by atoms with E-state index in [4.69, 9.17) is 14.2 Å². The van der Waals surface area contributed by atoms with E-state index in [1.54, 1.807) is 0 Å². The van der Waals surface area contributed by atoms with Crippen molar-refractivity contribution in [1.29, 1.82) is 0 Å². The summed E-state index contributed by atoms with van der Waals surface area (Å²) in [5.41, 5.74) is 0. The molecule has 0 saturated heterocycles. The zero-order valence-corrected chi connectivity index (χ0v) is 53.4. The fourth-order valence-electron chi connectivity index (χ4n) is 8.71. The van der Waals surface area contributed by atoms with Crippen LogP contribution in [-0.4, -0.2) is 37.2 Å². The maximum atomic E-state index is 12.9. The van der Waals surface area contributed by atoms with Crippen molar-refractivity contribution in [3.8, 4) is 0 Å². The summed E-state index contributed by atoms with van der Waals surface area (Å²) >= 11 is 0. The van der Waals surface area contributed by atoms with Gasteiger partial charge in [-0.05, 0) is 154 Å². The molecule has 6 nitrogen and oxygen atoms in total. The van der Waals surface area contributed by atoms with Crippen LogP contribution in [0.1, 0.15) is 278 Å². The third-order valence-electron chi connectivity index (χ3n) is 13.7. The lowest BCUT2D eigenvalue weighted by Gasteiger charge is -2.18. The molecule has 0 aromatic carbocycles. The Morgan fingerprint density at radius 3 is 0.735 bits per heavy atom. The molecule has 0 spiro atoms. The molecular formula is C77H122O6. The predicted molar refractivity (Wildman–Crippen MR) is 361 cm³/mol. The third kappa shape index (κ3) is 67.4. The number of ether oxygens (including phenoxy) is 3. The molecule has 0 aliphatic heterocycles. The molecule has 0 aromatic heterocycles. The topological polar surface area (TPSA) is 78.9 Å². The Kier molecular flexibility index (Phi) is 64.9. The van der Waals surface area contributed by atoms with Crippen LogP contribution in [0.3, 0.4) is 0 Å². The van der Waals surface area contributed by atoms with E-state index in [-0.39, 0.29) is 31.1 Å². The number of carbonyl (C=O) groups excluding carboxylic acids is 3. The van der Waals surface area contributed by atoms with Crippen molar-refractivity contribution >= 4 is 17.9 Å². The zero-order chi connectivity index (χ0) is 59.9. The van der Waals surface area contributed by atoms with Crippen LogP contribution in [0, 0.1) is 0 Å². The summed E-state index contributed by atoms with van der Waals surface area (Å²) in [6.07, 6.45) is 102. The maximum absolute atomic E-state index is 12.9. The standard InChI is InChI=1S/C77H122O6/c1-4-7-10-13-16-19-22-25-28-30-32-34-35-36-37-38-39-40-41-43-44-46-49-52-55-58-61-64-67-70-76(79)82-73-74(72-81-75(78)69-66-63-60-57-54-51-48-27-24-21-18-15-12-9-6-3)83-77(80)71-68-65-62-59-56-53-50-47-45-42-33-31-29-26-23-20-17-14-11-8-5-2/h7-8,10-11,16-21,25-29,32-34,36-37,39-40,42-44,48-49,52,74H,4-6,9,12-15,22-24,30-31,35,38,41,45-47,50-51,53-73H2,1-3H3/b10-7-,11-8-,19-16-,20-17-,21-18-,28-25-,29-26-,34-32-,37-36-,40-39-,42-33-,44-43-,48-27-,52-49-. The first-order valence-corrected chi connectivity index (χ1v) is 33.6. The molecule has 0 rings (SSSR count). The summed E-state index contributed by atoms with van der Waals surface area (Å²) in [5.74, 6) is -0.952. The molecule has 0 saturated carbocycles. The molecule has 0 aliphatic carbocycles. The first-order chi connectivity index (χ1) is 41.0. The molecule has 0 aromatic rings. The van der Waals surface area contributed by atoms with Crippen LogP contribution >= 0.6 is 0 Å². The minimum atomic E-state index is -0.810. The quantitative estimate of drug-likeness (QED) is 0.0261. The number of hydrogen-bond donors (Lipinski definition) is 0. The van der Waals surface area contributed by atoms with Gasteiger partial charge in [-0.1, -0.05) is 274 Å². The highest BCUT2D eigenvalue weighted by Gasteiger charge is 2.19. The average molecular weight is 1140 g/mol. The number of unbranched alkanes of at least 4 members (excludes halogenated alkanes) is 20. The number of esters is 3. The van der Waals surface area contributed by atoms with Crippen LogP contribution in [0.15, 0.2) is 170 Å². The smallest absolute Gasteiger partial charge is 0.306 e. The van der Waals surface area contributed by atoms with Gasteiger partial charge in [0.15, 0.2) is 6.10 Å². The number of carbonyl (C=O) groups is 3. The molecule has 1 unspecified atom stereocenters. The predicted octanol–water partition coefficient (Wildman–Crippen LogP) is 23.4. The van der Waals surface area contributed by atoms with E-state index >= 15 is 0 Å². The van der Waals surface area contributed by atoms with Gasteiger partial charge in [0, 0.05) is 19.3 Å². The summed E-state index contributed by atoms with van der Waals surface area (Å²) in [4.78, 5) is 38.4. The SMILES string of the molecule is CC/C=C\C/C=C\C/C=C\C/C=C\C/C=C\C/C=C\C/C=C\C/C=C\CCCCCCC(=O)OCC(COC(=O)CCCCCCC/C=C\C/C=C\CCCCC)OC(=O)CCCCCCCCCC/C=C\C/C=C\C/C=C\C/C=C\CC. The van der Waals surface area contributed by atoms with Gasteiger partial charge < -0.3 is 14.2 Å². The summed E-state index contributed by atoms with van der Waals surface area (Å²) in [6.45, 7) is 6.35. The van der Waals surface area contributed by atoms with E-state index in [9.17, 15) is 14.4 Å².